The molecule has 0 aliphatic carbocycles. The summed E-state index contributed by atoms with van der Waals surface area (Å²) in [5, 5.41) is 19.7. The van der Waals surface area contributed by atoms with Gasteiger partial charge in [-0.1, -0.05) is 0 Å². The Morgan fingerprint density at radius 2 is 2.06 bits per heavy atom. The Morgan fingerprint density at radius 1 is 1.47 bits per heavy atom. The average molecular weight is 243 g/mol. The minimum atomic E-state index is -1.33. The fourth-order valence-electron chi connectivity index (χ4n) is 0.965. The lowest BCUT2D eigenvalue weighted by Gasteiger charge is -2.14. The van der Waals surface area contributed by atoms with Crippen molar-refractivity contribution in [3.63, 3.8) is 0 Å². The third-order valence-electron chi connectivity index (χ3n) is 1.88. The number of carbonyl (C=O) groups is 3. The molecule has 0 heterocycles. The molecule has 0 aromatic carbocycles. The first kappa shape index (κ1) is 14.9. The number of ketones is 1. The molecular weight excluding hydrogens is 230 g/mol. The van der Waals surface area contributed by atoms with Gasteiger partial charge in [0.05, 0.1) is 0 Å². The number of aliphatic hydroxyl groups excluding tert-OH is 1. The van der Waals surface area contributed by atoms with Gasteiger partial charge >= 0.3 is 12.2 Å². The highest BCUT2D eigenvalue weighted by atomic mass is 16.4. The van der Waals surface area contributed by atoms with Gasteiger partial charge in [-0.2, -0.15) is 4.79 Å². The van der Waals surface area contributed by atoms with Gasteiger partial charge < -0.3 is 21.1 Å². The van der Waals surface area contributed by atoms with Crippen LogP contribution in [0.5, 0.6) is 0 Å². The van der Waals surface area contributed by atoms with Crippen LogP contribution in [-0.2, 0) is 14.4 Å². The summed E-state index contributed by atoms with van der Waals surface area (Å²) >= 11 is 0. The zero-order chi connectivity index (χ0) is 13.4. The molecule has 0 aromatic rings. The van der Waals surface area contributed by atoms with Crippen molar-refractivity contribution in [2.75, 3.05) is 0 Å². The van der Waals surface area contributed by atoms with E-state index in [0.29, 0.717) is 6.21 Å². The molecule has 2 atom stereocenters. The second-order valence-electron chi connectivity index (χ2n) is 3.32. The summed E-state index contributed by atoms with van der Waals surface area (Å²) in [5.74, 6) is -2.71. The maximum atomic E-state index is 11.1. The molecule has 0 spiro atoms. The summed E-state index contributed by atoms with van der Waals surface area (Å²) in [6, 6.07) is -1.27. The smallest absolute Gasteiger partial charge is 0.326 e. The molecule has 0 saturated heterocycles. The first-order valence-corrected chi connectivity index (χ1v) is 4.80. The average Bonchev–Trinajstić information content (AvgIpc) is 2.23. The van der Waals surface area contributed by atoms with Crippen LogP contribution in [0, 0.1) is 0 Å². The Kier molecular flexibility index (Phi) is 6.39. The van der Waals surface area contributed by atoms with E-state index in [1.807, 2.05) is 0 Å². The SMILES string of the molecule is CC(O)C(=O)NC(CCC(=O)C=[N+]=[N-])C(=O)O. The van der Waals surface area contributed by atoms with Gasteiger partial charge in [0.2, 0.25) is 11.7 Å². The summed E-state index contributed by atoms with van der Waals surface area (Å²) in [6.07, 6.45) is -1.03. The largest absolute Gasteiger partial charge is 0.480 e. The fourth-order valence-corrected chi connectivity index (χ4v) is 0.965. The highest BCUT2D eigenvalue weighted by Crippen LogP contribution is 1.99. The Morgan fingerprint density at radius 3 is 2.47 bits per heavy atom. The van der Waals surface area contributed by atoms with E-state index < -0.39 is 29.8 Å². The van der Waals surface area contributed by atoms with Gasteiger partial charge in [-0.25, -0.2) is 4.79 Å². The molecule has 94 valence electrons. The Hall–Kier alpha value is -2.05. The summed E-state index contributed by atoms with van der Waals surface area (Å²) in [4.78, 5) is 35.2. The van der Waals surface area contributed by atoms with Gasteiger partial charge in [0.1, 0.15) is 12.1 Å². The minimum absolute atomic E-state index is 0.154. The second kappa shape index (κ2) is 7.26. The molecule has 0 aromatic heterocycles. The van der Waals surface area contributed by atoms with Crippen LogP contribution < -0.4 is 5.32 Å². The molecule has 2 unspecified atom stereocenters. The number of aliphatic carboxylic acids is 1. The van der Waals surface area contributed by atoms with E-state index in [2.05, 4.69) is 10.1 Å². The first-order chi connectivity index (χ1) is 7.88. The van der Waals surface area contributed by atoms with Crippen LogP contribution in [0.2, 0.25) is 0 Å². The number of hydrogen-bond donors (Lipinski definition) is 3. The zero-order valence-corrected chi connectivity index (χ0v) is 9.16. The zero-order valence-electron chi connectivity index (χ0n) is 9.16. The molecule has 0 saturated carbocycles. The molecule has 0 radical (unpaired) electrons. The van der Waals surface area contributed by atoms with E-state index in [0.717, 1.165) is 0 Å². The highest BCUT2D eigenvalue weighted by molar-refractivity contribution is 6.25. The molecule has 3 N–H and O–H groups in total. The normalized spacial score (nSPS) is 13.1. The van der Waals surface area contributed by atoms with Crippen molar-refractivity contribution in [1.82, 2.24) is 5.32 Å². The number of nitrogens with zero attached hydrogens (tertiary/aromatic N) is 2. The molecule has 17 heavy (non-hydrogen) atoms. The molecule has 8 nitrogen and oxygen atoms in total. The molecule has 0 aliphatic heterocycles. The molecule has 8 heteroatoms. The van der Waals surface area contributed by atoms with Gasteiger partial charge in [0.25, 0.3) is 0 Å². The number of amides is 1. The monoisotopic (exact) mass is 243 g/mol. The van der Waals surface area contributed by atoms with Crippen LogP contribution in [0.25, 0.3) is 5.53 Å². The number of nitrogens with one attached hydrogen (secondary N) is 1. The van der Waals surface area contributed by atoms with E-state index in [1.54, 1.807) is 0 Å². The Balaban J connectivity index is 4.35. The van der Waals surface area contributed by atoms with Crippen molar-refractivity contribution in [2.45, 2.75) is 31.9 Å². The van der Waals surface area contributed by atoms with E-state index in [9.17, 15) is 14.4 Å². The number of carboxylic acid groups (broad SMARTS) is 1. The maximum absolute atomic E-state index is 11.1. The van der Waals surface area contributed by atoms with Gasteiger partial charge in [-0.05, 0) is 13.3 Å². The number of carbonyl (C=O) groups excluding carboxylic acids is 2. The minimum Gasteiger partial charge on any atom is -0.480 e. The number of Topliss-reactive ketones (excluding diaryl/α,β-unsaturated/α-hetero) is 1. The predicted molar refractivity (Wildman–Crippen MR) is 55.2 cm³/mol. The molecule has 0 bridgehead atoms. The number of aliphatic hydroxyl groups is 1. The van der Waals surface area contributed by atoms with Crippen molar-refractivity contribution in [1.29, 1.82) is 0 Å². The van der Waals surface area contributed by atoms with Crippen LogP contribution >= 0.6 is 0 Å². The van der Waals surface area contributed by atoms with Gasteiger partial charge in [0.15, 0.2) is 0 Å². The van der Waals surface area contributed by atoms with Crippen LogP contribution in [0.15, 0.2) is 0 Å². The predicted octanol–water partition coefficient (Wildman–Crippen LogP) is -1.41. The Bertz CT molecular complexity index is 360. The Labute approximate surface area is 96.9 Å². The van der Waals surface area contributed by atoms with Gasteiger partial charge in [-0.3, -0.25) is 9.59 Å². The summed E-state index contributed by atoms with van der Waals surface area (Å²) in [6.45, 7) is 1.19. The van der Waals surface area contributed by atoms with E-state index in [-0.39, 0.29) is 12.8 Å². The molecule has 0 fully saturated rings. The van der Waals surface area contributed by atoms with Crippen LogP contribution in [0.3, 0.4) is 0 Å². The van der Waals surface area contributed by atoms with Crippen LogP contribution in [0.1, 0.15) is 19.8 Å². The number of hydrogen-bond acceptors (Lipinski definition) is 4. The first-order valence-electron chi connectivity index (χ1n) is 4.80. The van der Waals surface area contributed by atoms with Crippen molar-refractivity contribution >= 4 is 23.9 Å². The van der Waals surface area contributed by atoms with E-state index in [4.69, 9.17) is 15.7 Å². The molecule has 0 rings (SSSR count). The lowest BCUT2D eigenvalue weighted by atomic mass is 10.1. The maximum Gasteiger partial charge on any atom is 0.326 e. The van der Waals surface area contributed by atoms with Gasteiger partial charge in [0, 0.05) is 6.42 Å². The van der Waals surface area contributed by atoms with E-state index in [1.165, 1.54) is 6.92 Å². The van der Waals surface area contributed by atoms with E-state index >= 15 is 0 Å². The van der Waals surface area contributed by atoms with Crippen molar-refractivity contribution in [3.05, 3.63) is 5.53 Å². The molecule has 1 amide bonds. The van der Waals surface area contributed by atoms with Crippen molar-refractivity contribution < 1.29 is 29.4 Å². The van der Waals surface area contributed by atoms with Crippen LogP contribution in [-0.4, -0.2) is 51.0 Å². The number of rotatable bonds is 7. The second-order valence-corrected chi connectivity index (χ2v) is 3.32. The fraction of sp³-hybridized carbons (Fsp3) is 0.556. The van der Waals surface area contributed by atoms with Crippen molar-refractivity contribution in [3.8, 4) is 0 Å². The third kappa shape index (κ3) is 6.18. The molecular formula is C9H13N3O5. The standard InChI is InChI=1S/C9H13N3O5/c1-5(13)8(15)12-7(9(16)17)3-2-6(14)4-11-10/h4-5,7,13H,2-3H2,1H3,(H,12,15)(H,16,17). The highest BCUT2D eigenvalue weighted by Gasteiger charge is 2.22. The summed E-state index contributed by atoms with van der Waals surface area (Å²) in [7, 11) is 0. The topological polar surface area (TPSA) is 140 Å². The lowest BCUT2D eigenvalue weighted by molar-refractivity contribution is -0.143. The quantitative estimate of drug-likeness (QED) is 0.286. The summed E-state index contributed by atoms with van der Waals surface area (Å²) < 4.78 is 0. The summed E-state index contributed by atoms with van der Waals surface area (Å²) in [5.41, 5.74) is 8.06. The third-order valence-corrected chi connectivity index (χ3v) is 1.88. The lowest BCUT2D eigenvalue weighted by Crippen LogP contribution is -2.44. The van der Waals surface area contributed by atoms with Crippen LogP contribution in [0.4, 0.5) is 0 Å². The molecule has 0 aliphatic rings. The van der Waals surface area contributed by atoms with Crippen molar-refractivity contribution in [2.24, 2.45) is 0 Å². The van der Waals surface area contributed by atoms with Gasteiger partial charge in [-0.15, -0.1) is 0 Å². The number of carboxylic acids is 1.